The molecule has 3 N–H and O–H groups in total. The number of aliphatic hydroxyl groups is 2. The Morgan fingerprint density at radius 1 is 1.47 bits per heavy atom. The van der Waals surface area contributed by atoms with Gasteiger partial charge in [-0.05, 0) is 13.3 Å². The van der Waals surface area contributed by atoms with Gasteiger partial charge in [-0.25, -0.2) is 4.98 Å². The minimum atomic E-state index is -0.947. The van der Waals surface area contributed by atoms with Crippen LogP contribution in [0, 0.1) is 0 Å². The lowest BCUT2D eigenvalue weighted by atomic mass is 10.1. The fourth-order valence-corrected chi connectivity index (χ4v) is 1.36. The van der Waals surface area contributed by atoms with E-state index >= 15 is 0 Å². The Hall–Kier alpha value is -1.40. The van der Waals surface area contributed by atoms with Gasteiger partial charge in [0.2, 0.25) is 0 Å². The van der Waals surface area contributed by atoms with Crippen LogP contribution in [0.5, 0.6) is 0 Å². The van der Waals surface area contributed by atoms with Crippen molar-refractivity contribution in [3.8, 4) is 0 Å². The van der Waals surface area contributed by atoms with Crippen LogP contribution in [0.15, 0.2) is 17.2 Å². The van der Waals surface area contributed by atoms with Crippen molar-refractivity contribution in [2.24, 2.45) is 0 Å². The van der Waals surface area contributed by atoms with Crippen LogP contribution in [-0.4, -0.2) is 38.5 Å². The van der Waals surface area contributed by atoms with Gasteiger partial charge in [0, 0.05) is 18.9 Å². The molecule has 0 aliphatic carbocycles. The molecule has 0 aromatic carbocycles. The molecule has 0 spiro atoms. The summed E-state index contributed by atoms with van der Waals surface area (Å²) in [6.45, 7) is 3.64. The summed E-state index contributed by atoms with van der Waals surface area (Å²) >= 11 is 0. The minimum Gasteiger partial charge on any atom is -0.394 e. The fourth-order valence-electron chi connectivity index (χ4n) is 1.36. The maximum absolute atomic E-state index is 11.9. The summed E-state index contributed by atoms with van der Waals surface area (Å²) in [6.07, 6.45) is 3.99. The van der Waals surface area contributed by atoms with Crippen molar-refractivity contribution in [1.82, 2.24) is 9.55 Å². The average molecular weight is 241 g/mol. The highest BCUT2D eigenvalue weighted by atomic mass is 16.3. The molecule has 0 fully saturated rings. The number of anilines is 1. The van der Waals surface area contributed by atoms with Gasteiger partial charge >= 0.3 is 0 Å². The van der Waals surface area contributed by atoms with Gasteiger partial charge in [0.15, 0.2) is 5.82 Å². The maximum atomic E-state index is 11.9. The second-order valence-electron chi connectivity index (χ2n) is 4.28. The average Bonchev–Trinajstić information content (AvgIpc) is 2.34. The summed E-state index contributed by atoms with van der Waals surface area (Å²) in [6, 6.07) is 0. The van der Waals surface area contributed by atoms with Gasteiger partial charge in [-0.1, -0.05) is 6.92 Å². The molecule has 17 heavy (non-hydrogen) atoms. The molecular weight excluding hydrogens is 222 g/mol. The van der Waals surface area contributed by atoms with Crippen LogP contribution in [0.25, 0.3) is 0 Å². The zero-order valence-electron chi connectivity index (χ0n) is 10.2. The van der Waals surface area contributed by atoms with Crippen LogP contribution in [0.2, 0.25) is 0 Å². The van der Waals surface area contributed by atoms with Crippen LogP contribution < -0.4 is 10.9 Å². The summed E-state index contributed by atoms with van der Waals surface area (Å²) in [5.74, 6) is 0.145. The molecule has 6 heteroatoms. The molecule has 6 nitrogen and oxygen atoms in total. The quantitative estimate of drug-likeness (QED) is 0.642. The molecule has 0 aliphatic rings. The van der Waals surface area contributed by atoms with E-state index in [-0.39, 0.29) is 24.6 Å². The van der Waals surface area contributed by atoms with Crippen molar-refractivity contribution in [1.29, 1.82) is 0 Å². The normalized spacial score (nSPS) is 11.5. The van der Waals surface area contributed by atoms with E-state index in [0.29, 0.717) is 6.54 Å². The standard InChI is InChI=1S/C11H19N3O3/c1-3-5-14-6-4-12-9(10(14)17)13-11(2,7-15)8-16/h4,6,15-16H,3,5,7-8H2,1-2H3,(H,12,13). The van der Waals surface area contributed by atoms with Gasteiger partial charge in [-0.15, -0.1) is 0 Å². The Bertz CT molecular complexity index is 413. The highest BCUT2D eigenvalue weighted by Gasteiger charge is 2.23. The first kappa shape index (κ1) is 13.7. The molecule has 0 amide bonds. The molecule has 0 bridgehead atoms. The van der Waals surface area contributed by atoms with Gasteiger partial charge in [-0.3, -0.25) is 4.79 Å². The molecule has 1 aromatic heterocycles. The number of rotatable bonds is 6. The summed E-state index contributed by atoms with van der Waals surface area (Å²) in [4.78, 5) is 15.9. The predicted molar refractivity (Wildman–Crippen MR) is 65.0 cm³/mol. The Kier molecular flexibility index (Phi) is 4.65. The summed E-state index contributed by atoms with van der Waals surface area (Å²) in [7, 11) is 0. The number of aryl methyl sites for hydroxylation is 1. The molecule has 0 saturated heterocycles. The number of hydrogen-bond acceptors (Lipinski definition) is 5. The van der Waals surface area contributed by atoms with Crippen LogP contribution in [0.4, 0.5) is 5.82 Å². The lowest BCUT2D eigenvalue weighted by Gasteiger charge is -2.26. The molecule has 0 atom stereocenters. The second kappa shape index (κ2) is 5.79. The lowest BCUT2D eigenvalue weighted by molar-refractivity contribution is 0.147. The molecule has 96 valence electrons. The summed E-state index contributed by atoms with van der Waals surface area (Å²) in [5.41, 5.74) is -1.19. The van der Waals surface area contributed by atoms with Crippen LogP contribution in [0.1, 0.15) is 20.3 Å². The lowest BCUT2D eigenvalue weighted by Crippen LogP contribution is -2.44. The van der Waals surface area contributed by atoms with E-state index in [1.807, 2.05) is 6.92 Å². The SMILES string of the molecule is CCCn1ccnc(NC(C)(CO)CO)c1=O. The Morgan fingerprint density at radius 3 is 2.65 bits per heavy atom. The van der Waals surface area contributed by atoms with E-state index in [0.717, 1.165) is 6.42 Å². The van der Waals surface area contributed by atoms with Gasteiger partial charge in [-0.2, -0.15) is 0 Å². The number of nitrogens with zero attached hydrogens (tertiary/aromatic N) is 2. The first-order chi connectivity index (χ1) is 8.06. The number of hydrogen-bond donors (Lipinski definition) is 3. The highest BCUT2D eigenvalue weighted by Crippen LogP contribution is 2.08. The van der Waals surface area contributed by atoms with Gasteiger partial charge in [0.1, 0.15) is 0 Å². The Labute approximate surface area is 99.9 Å². The van der Waals surface area contributed by atoms with Crippen LogP contribution in [0.3, 0.4) is 0 Å². The number of nitrogens with one attached hydrogen (secondary N) is 1. The van der Waals surface area contributed by atoms with E-state index in [2.05, 4.69) is 10.3 Å². The molecule has 0 radical (unpaired) electrons. The van der Waals surface area contributed by atoms with Gasteiger partial charge < -0.3 is 20.1 Å². The zero-order valence-corrected chi connectivity index (χ0v) is 10.2. The second-order valence-corrected chi connectivity index (χ2v) is 4.28. The van der Waals surface area contributed by atoms with Crippen molar-refractivity contribution >= 4 is 5.82 Å². The monoisotopic (exact) mass is 241 g/mol. The first-order valence-electron chi connectivity index (χ1n) is 5.61. The third-order valence-corrected chi connectivity index (χ3v) is 2.50. The molecule has 1 rings (SSSR count). The van der Waals surface area contributed by atoms with Crippen LogP contribution in [-0.2, 0) is 6.54 Å². The first-order valence-corrected chi connectivity index (χ1v) is 5.61. The molecule has 0 aliphatic heterocycles. The molecule has 0 saturated carbocycles. The summed E-state index contributed by atoms with van der Waals surface area (Å²) in [5, 5.41) is 21.1. The van der Waals surface area contributed by atoms with Crippen molar-refractivity contribution in [3.63, 3.8) is 0 Å². The van der Waals surface area contributed by atoms with Crippen molar-refractivity contribution in [3.05, 3.63) is 22.7 Å². The molecule has 1 aromatic rings. The van der Waals surface area contributed by atoms with Gasteiger partial charge in [0.25, 0.3) is 5.56 Å². The van der Waals surface area contributed by atoms with E-state index < -0.39 is 5.54 Å². The fraction of sp³-hybridized carbons (Fsp3) is 0.636. The third-order valence-electron chi connectivity index (χ3n) is 2.50. The van der Waals surface area contributed by atoms with E-state index in [4.69, 9.17) is 10.2 Å². The van der Waals surface area contributed by atoms with Gasteiger partial charge in [0.05, 0.1) is 18.8 Å². The van der Waals surface area contributed by atoms with Crippen molar-refractivity contribution in [2.75, 3.05) is 18.5 Å². The van der Waals surface area contributed by atoms with E-state index in [1.54, 1.807) is 17.7 Å². The zero-order chi connectivity index (χ0) is 12.9. The van der Waals surface area contributed by atoms with E-state index in [1.165, 1.54) is 6.20 Å². The largest absolute Gasteiger partial charge is 0.394 e. The molecule has 0 unspecified atom stereocenters. The Balaban J connectivity index is 2.99. The topological polar surface area (TPSA) is 87.4 Å². The highest BCUT2D eigenvalue weighted by molar-refractivity contribution is 5.34. The number of aromatic nitrogens is 2. The van der Waals surface area contributed by atoms with E-state index in [9.17, 15) is 4.79 Å². The molecule has 1 heterocycles. The Morgan fingerprint density at radius 2 is 2.12 bits per heavy atom. The van der Waals surface area contributed by atoms with Crippen molar-refractivity contribution in [2.45, 2.75) is 32.4 Å². The number of aliphatic hydroxyl groups excluding tert-OH is 2. The maximum Gasteiger partial charge on any atom is 0.293 e. The smallest absolute Gasteiger partial charge is 0.293 e. The van der Waals surface area contributed by atoms with Crippen molar-refractivity contribution < 1.29 is 10.2 Å². The van der Waals surface area contributed by atoms with Crippen LogP contribution >= 0.6 is 0 Å². The third kappa shape index (κ3) is 3.28. The summed E-state index contributed by atoms with van der Waals surface area (Å²) < 4.78 is 1.55. The molecular formula is C11H19N3O3. The minimum absolute atomic E-state index is 0.145. The predicted octanol–water partition coefficient (Wildman–Crippen LogP) is -0.192.